The van der Waals surface area contributed by atoms with Crippen LogP contribution in [0.3, 0.4) is 0 Å². The minimum Gasteiger partial charge on any atom is -0.340 e. The third kappa shape index (κ3) is 1.94. The van der Waals surface area contributed by atoms with E-state index in [0.29, 0.717) is 0 Å². The van der Waals surface area contributed by atoms with E-state index in [9.17, 15) is 0 Å². The van der Waals surface area contributed by atoms with Crippen LogP contribution in [0.25, 0.3) is 10.9 Å². The van der Waals surface area contributed by atoms with Gasteiger partial charge in [0.1, 0.15) is 0 Å². The highest BCUT2D eigenvalue weighted by Crippen LogP contribution is 2.43. The Balaban J connectivity index is 1.83. The minimum atomic E-state index is 0.811. The molecule has 20 heavy (non-hydrogen) atoms. The molecule has 1 aliphatic rings. The summed E-state index contributed by atoms with van der Waals surface area (Å²) in [5.41, 5.74) is 5.66. The number of fused-ring (bicyclic) bond motifs is 1. The lowest BCUT2D eigenvalue weighted by Gasteiger charge is -2.09. The maximum Gasteiger partial charge on any atom is 0.0488 e. The zero-order valence-corrected chi connectivity index (χ0v) is 11.8. The molecule has 0 N–H and O–H groups in total. The number of nitrogens with zero attached hydrogens (tertiary/aromatic N) is 1. The van der Waals surface area contributed by atoms with Crippen molar-refractivity contribution in [3.63, 3.8) is 0 Å². The lowest BCUT2D eigenvalue weighted by Crippen LogP contribution is -2.01. The molecule has 0 spiro atoms. The van der Waals surface area contributed by atoms with E-state index in [1.165, 1.54) is 35.0 Å². The van der Waals surface area contributed by atoms with E-state index in [1.54, 1.807) is 5.56 Å². The topological polar surface area (TPSA) is 4.93 Å². The SMILES string of the molecule is Cc1cc2c(C3CC3)cccc2n1Cc1ccccc1. The van der Waals surface area contributed by atoms with Crippen molar-refractivity contribution in [1.29, 1.82) is 0 Å². The van der Waals surface area contributed by atoms with Crippen LogP contribution >= 0.6 is 0 Å². The van der Waals surface area contributed by atoms with Crippen molar-refractivity contribution in [2.24, 2.45) is 0 Å². The van der Waals surface area contributed by atoms with E-state index < -0.39 is 0 Å². The molecule has 1 nitrogen and oxygen atoms in total. The molecule has 1 heterocycles. The number of hydrogen-bond acceptors (Lipinski definition) is 0. The number of benzene rings is 2. The number of rotatable bonds is 3. The van der Waals surface area contributed by atoms with Crippen LogP contribution in [0.4, 0.5) is 0 Å². The molecule has 0 radical (unpaired) electrons. The minimum absolute atomic E-state index is 0.811. The summed E-state index contributed by atoms with van der Waals surface area (Å²) in [7, 11) is 0. The Kier molecular flexibility index (Phi) is 2.66. The standard InChI is InChI=1S/C19H19N/c1-14-12-18-17(16-10-11-16)8-5-9-19(18)20(14)13-15-6-3-2-4-7-15/h2-9,12,16H,10-11,13H2,1H3. The molecular weight excluding hydrogens is 242 g/mol. The first-order chi connectivity index (χ1) is 9.83. The fourth-order valence-corrected chi connectivity index (χ4v) is 3.17. The summed E-state index contributed by atoms with van der Waals surface area (Å²) >= 11 is 0. The van der Waals surface area contributed by atoms with Crippen LogP contribution in [0.2, 0.25) is 0 Å². The van der Waals surface area contributed by atoms with Gasteiger partial charge in [-0.25, -0.2) is 0 Å². The Morgan fingerprint density at radius 2 is 1.80 bits per heavy atom. The zero-order chi connectivity index (χ0) is 13.5. The van der Waals surface area contributed by atoms with Gasteiger partial charge in [-0.05, 0) is 48.9 Å². The molecule has 3 aromatic rings. The largest absolute Gasteiger partial charge is 0.340 e. The normalized spacial score (nSPS) is 14.8. The molecule has 0 atom stereocenters. The third-order valence-corrected chi connectivity index (χ3v) is 4.39. The number of aryl methyl sites for hydroxylation is 1. The van der Waals surface area contributed by atoms with Gasteiger partial charge in [0.2, 0.25) is 0 Å². The summed E-state index contributed by atoms with van der Waals surface area (Å²) in [5.74, 6) is 0.811. The van der Waals surface area contributed by atoms with Crippen LogP contribution in [-0.2, 0) is 6.54 Å². The predicted molar refractivity (Wildman–Crippen MR) is 84.2 cm³/mol. The highest BCUT2D eigenvalue weighted by atomic mass is 15.0. The molecule has 0 saturated heterocycles. The smallest absolute Gasteiger partial charge is 0.0488 e. The Hall–Kier alpha value is -2.02. The van der Waals surface area contributed by atoms with E-state index in [0.717, 1.165) is 12.5 Å². The fraction of sp³-hybridized carbons (Fsp3) is 0.263. The zero-order valence-electron chi connectivity index (χ0n) is 11.8. The summed E-state index contributed by atoms with van der Waals surface area (Å²) in [6.07, 6.45) is 2.73. The molecule has 0 unspecified atom stereocenters. The summed E-state index contributed by atoms with van der Waals surface area (Å²) in [6.45, 7) is 3.18. The lowest BCUT2D eigenvalue weighted by molar-refractivity contribution is 0.805. The van der Waals surface area contributed by atoms with E-state index in [1.807, 2.05) is 0 Å². The van der Waals surface area contributed by atoms with Gasteiger partial charge in [0.05, 0.1) is 0 Å². The summed E-state index contributed by atoms with van der Waals surface area (Å²) in [4.78, 5) is 0. The average Bonchev–Trinajstić information content (AvgIpc) is 3.26. The van der Waals surface area contributed by atoms with Crippen molar-refractivity contribution in [2.75, 3.05) is 0 Å². The Bertz CT molecular complexity index is 748. The monoisotopic (exact) mass is 261 g/mol. The fourth-order valence-electron chi connectivity index (χ4n) is 3.17. The molecule has 100 valence electrons. The Morgan fingerprint density at radius 1 is 1.00 bits per heavy atom. The average molecular weight is 261 g/mol. The van der Waals surface area contributed by atoms with Gasteiger partial charge in [0.15, 0.2) is 0 Å². The van der Waals surface area contributed by atoms with E-state index in [4.69, 9.17) is 0 Å². The number of hydrogen-bond donors (Lipinski definition) is 0. The highest BCUT2D eigenvalue weighted by molar-refractivity contribution is 5.85. The van der Waals surface area contributed by atoms with Gasteiger partial charge >= 0.3 is 0 Å². The second-order valence-electron chi connectivity index (χ2n) is 5.91. The lowest BCUT2D eigenvalue weighted by atomic mass is 10.1. The van der Waals surface area contributed by atoms with E-state index >= 15 is 0 Å². The van der Waals surface area contributed by atoms with Gasteiger partial charge in [0, 0.05) is 23.1 Å². The molecule has 0 amide bonds. The maximum atomic E-state index is 2.44. The molecule has 4 rings (SSSR count). The van der Waals surface area contributed by atoms with Crippen LogP contribution in [0.5, 0.6) is 0 Å². The molecule has 1 fully saturated rings. The molecule has 1 heteroatoms. The van der Waals surface area contributed by atoms with Crippen molar-refractivity contribution in [1.82, 2.24) is 4.57 Å². The summed E-state index contributed by atoms with van der Waals surface area (Å²) < 4.78 is 2.44. The molecule has 0 bridgehead atoms. The van der Waals surface area contributed by atoms with Gasteiger partial charge in [-0.1, -0.05) is 42.5 Å². The molecule has 2 aromatic carbocycles. The van der Waals surface area contributed by atoms with E-state index in [-0.39, 0.29) is 0 Å². The second kappa shape index (κ2) is 4.52. The second-order valence-corrected chi connectivity index (χ2v) is 5.91. The molecule has 1 aromatic heterocycles. The third-order valence-electron chi connectivity index (χ3n) is 4.39. The first kappa shape index (κ1) is 11.8. The van der Waals surface area contributed by atoms with Crippen LogP contribution in [0.1, 0.15) is 35.6 Å². The first-order valence-corrected chi connectivity index (χ1v) is 7.45. The van der Waals surface area contributed by atoms with Gasteiger partial charge in [0.25, 0.3) is 0 Å². The van der Waals surface area contributed by atoms with Gasteiger partial charge in [-0.2, -0.15) is 0 Å². The maximum absolute atomic E-state index is 2.44. The van der Waals surface area contributed by atoms with Crippen LogP contribution in [0, 0.1) is 6.92 Å². The van der Waals surface area contributed by atoms with Crippen molar-refractivity contribution < 1.29 is 0 Å². The summed E-state index contributed by atoms with van der Waals surface area (Å²) in [5, 5.41) is 1.46. The quantitative estimate of drug-likeness (QED) is 0.633. The number of aromatic nitrogens is 1. The predicted octanol–water partition coefficient (Wildman–Crippen LogP) is 4.88. The first-order valence-electron chi connectivity index (χ1n) is 7.45. The molecular formula is C19H19N. The van der Waals surface area contributed by atoms with Crippen molar-refractivity contribution in [3.05, 3.63) is 71.4 Å². The Morgan fingerprint density at radius 3 is 2.55 bits per heavy atom. The van der Waals surface area contributed by atoms with Crippen molar-refractivity contribution >= 4 is 10.9 Å². The van der Waals surface area contributed by atoms with E-state index in [2.05, 4.69) is 66.1 Å². The Labute approximate surface area is 119 Å². The molecule has 1 aliphatic carbocycles. The van der Waals surface area contributed by atoms with Gasteiger partial charge in [-0.15, -0.1) is 0 Å². The molecule has 0 aliphatic heterocycles. The van der Waals surface area contributed by atoms with Crippen LogP contribution < -0.4 is 0 Å². The van der Waals surface area contributed by atoms with Crippen molar-refractivity contribution in [2.45, 2.75) is 32.2 Å². The highest BCUT2D eigenvalue weighted by Gasteiger charge is 2.26. The summed E-state index contributed by atoms with van der Waals surface area (Å²) in [6, 6.07) is 19.9. The van der Waals surface area contributed by atoms with Crippen LogP contribution in [-0.4, -0.2) is 4.57 Å². The van der Waals surface area contributed by atoms with Crippen molar-refractivity contribution in [3.8, 4) is 0 Å². The molecule has 1 saturated carbocycles. The van der Waals surface area contributed by atoms with Crippen LogP contribution in [0.15, 0.2) is 54.6 Å². The van der Waals surface area contributed by atoms with Gasteiger partial charge in [-0.3, -0.25) is 0 Å². The van der Waals surface area contributed by atoms with Gasteiger partial charge < -0.3 is 4.57 Å².